The summed E-state index contributed by atoms with van der Waals surface area (Å²) in [6, 6.07) is 1.46. The Morgan fingerprint density at radius 1 is 1.40 bits per heavy atom. The molecular formula is C9H11NO5. The Morgan fingerprint density at radius 2 is 2.13 bits per heavy atom. The van der Waals surface area contributed by atoms with Gasteiger partial charge in [-0.1, -0.05) is 0 Å². The molecule has 0 aromatic carbocycles. The largest absolute Gasteiger partial charge is 0.491 e. The molecule has 1 aromatic rings. The van der Waals surface area contributed by atoms with Crippen LogP contribution in [0.1, 0.15) is 0 Å². The first kappa shape index (κ1) is 11.1. The lowest BCUT2D eigenvalue weighted by Gasteiger charge is -2.09. The van der Waals surface area contributed by atoms with Gasteiger partial charge < -0.3 is 19.3 Å². The van der Waals surface area contributed by atoms with Crippen molar-refractivity contribution in [1.29, 1.82) is 0 Å². The number of carboxylic acid groups (broad SMARTS) is 1. The highest BCUT2D eigenvalue weighted by molar-refractivity contribution is 5.68. The van der Waals surface area contributed by atoms with Crippen molar-refractivity contribution in [2.75, 3.05) is 20.8 Å². The summed E-state index contributed by atoms with van der Waals surface area (Å²) in [6.07, 6.45) is 1.40. The number of hydrogen-bond donors (Lipinski definition) is 1. The molecule has 0 unspecified atom stereocenters. The van der Waals surface area contributed by atoms with Crippen LogP contribution in [0.15, 0.2) is 12.3 Å². The standard InChI is InChI=1S/C9H11NO5/c1-13-7-4-10-8(14-2)3-6(7)15-5-9(11)12/h3-4H,5H2,1-2H3,(H,11,12). The summed E-state index contributed by atoms with van der Waals surface area (Å²) in [4.78, 5) is 14.2. The second-order valence-corrected chi connectivity index (χ2v) is 2.56. The van der Waals surface area contributed by atoms with E-state index in [0.29, 0.717) is 11.6 Å². The monoisotopic (exact) mass is 213 g/mol. The van der Waals surface area contributed by atoms with E-state index in [1.165, 1.54) is 26.5 Å². The molecule has 0 aliphatic heterocycles. The smallest absolute Gasteiger partial charge is 0.341 e. The minimum absolute atomic E-state index is 0.284. The average Bonchev–Trinajstić information content (AvgIpc) is 2.25. The quantitative estimate of drug-likeness (QED) is 0.770. The van der Waals surface area contributed by atoms with Crippen molar-refractivity contribution in [1.82, 2.24) is 4.98 Å². The van der Waals surface area contributed by atoms with Gasteiger partial charge in [-0.2, -0.15) is 0 Å². The summed E-state index contributed by atoms with van der Waals surface area (Å²) in [5.41, 5.74) is 0. The summed E-state index contributed by atoms with van der Waals surface area (Å²) < 4.78 is 14.8. The molecule has 1 N–H and O–H groups in total. The highest BCUT2D eigenvalue weighted by Crippen LogP contribution is 2.28. The average molecular weight is 213 g/mol. The van der Waals surface area contributed by atoms with Crippen LogP contribution in [0.3, 0.4) is 0 Å². The number of carbonyl (C=O) groups is 1. The van der Waals surface area contributed by atoms with Crippen LogP contribution in [0.4, 0.5) is 0 Å². The number of ether oxygens (including phenoxy) is 3. The van der Waals surface area contributed by atoms with Gasteiger partial charge in [-0.15, -0.1) is 0 Å². The molecule has 0 saturated heterocycles. The third-order valence-corrected chi connectivity index (χ3v) is 1.59. The van der Waals surface area contributed by atoms with Gasteiger partial charge in [0, 0.05) is 6.07 Å². The van der Waals surface area contributed by atoms with E-state index in [-0.39, 0.29) is 5.75 Å². The minimum atomic E-state index is -1.06. The first-order valence-electron chi connectivity index (χ1n) is 4.10. The van der Waals surface area contributed by atoms with Crippen LogP contribution < -0.4 is 14.2 Å². The van der Waals surface area contributed by atoms with Crippen LogP contribution in [0.5, 0.6) is 17.4 Å². The van der Waals surface area contributed by atoms with Crippen molar-refractivity contribution in [2.24, 2.45) is 0 Å². The third-order valence-electron chi connectivity index (χ3n) is 1.59. The Balaban J connectivity index is 2.85. The van der Waals surface area contributed by atoms with Gasteiger partial charge in [-0.25, -0.2) is 9.78 Å². The molecule has 6 heteroatoms. The highest BCUT2D eigenvalue weighted by atomic mass is 16.5. The Bertz CT molecular complexity index is 352. The van der Waals surface area contributed by atoms with E-state index >= 15 is 0 Å². The number of methoxy groups -OCH3 is 2. The summed E-state index contributed by atoms with van der Waals surface area (Å²) in [5, 5.41) is 8.45. The minimum Gasteiger partial charge on any atom is -0.491 e. The number of hydrogen-bond acceptors (Lipinski definition) is 5. The molecule has 0 spiro atoms. The number of rotatable bonds is 5. The van der Waals surface area contributed by atoms with Crippen molar-refractivity contribution in [3.63, 3.8) is 0 Å². The van der Waals surface area contributed by atoms with Gasteiger partial charge in [0.05, 0.1) is 20.4 Å². The Hall–Kier alpha value is -1.98. The molecule has 1 aromatic heterocycles. The topological polar surface area (TPSA) is 77.9 Å². The number of carboxylic acids is 1. The van der Waals surface area contributed by atoms with Crippen LogP contribution in [-0.2, 0) is 4.79 Å². The van der Waals surface area contributed by atoms with Crippen molar-refractivity contribution < 1.29 is 24.1 Å². The van der Waals surface area contributed by atoms with E-state index in [2.05, 4.69) is 4.98 Å². The molecular weight excluding hydrogens is 202 g/mol. The van der Waals surface area contributed by atoms with Gasteiger partial charge in [0.15, 0.2) is 18.1 Å². The fourth-order valence-electron chi connectivity index (χ4n) is 0.924. The lowest BCUT2D eigenvalue weighted by Crippen LogP contribution is -2.10. The molecule has 1 rings (SSSR count). The molecule has 0 atom stereocenters. The SMILES string of the molecule is COc1cc(OCC(=O)O)c(OC)cn1. The van der Waals surface area contributed by atoms with E-state index in [0.717, 1.165) is 0 Å². The first-order valence-corrected chi connectivity index (χ1v) is 4.10. The molecule has 82 valence electrons. The fourth-order valence-corrected chi connectivity index (χ4v) is 0.924. The van der Waals surface area contributed by atoms with Gasteiger partial charge in [0.25, 0.3) is 0 Å². The predicted molar refractivity (Wildman–Crippen MR) is 50.5 cm³/mol. The number of aliphatic carboxylic acids is 1. The van der Waals surface area contributed by atoms with Crippen molar-refractivity contribution >= 4 is 5.97 Å². The van der Waals surface area contributed by atoms with Gasteiger partial charge in [-0.05, 0) is 0 Å². The van der Waals surface area contributed by atoms with E-state index < -0.39 is 12.6 Å². The first-order chi connectivity index (χ1) is 7.17. The zero-order chi connectivity index (χ0) is 11.3. The van der Waals surface area contributed by atoms with Crippen LogP contribution in [0.25, 0.3) is 0 Å². The van der Waals surface area contributed by atoms with Crippen LogP contribution in [-0.4, -0.2) is 36.9 Å². The molecule has 6 nitrogen and oxygen atoms in total. The van der Waals surface area contributed by atoms with Gasteiger partial charge in [-0.3, -0.25) is 0 Å². The van der Waals surface area contributed by atoms with E-state index in [1.807, 2.05) is 0 Å². The fraction of sp³-hybridized carbons (Fsp3) is 0.333. The van der Waals surface area contributed by atoms with E-state index in [9.17, 15) is 4.79 Å². The van der Waals surface area contributed by atoms with Crippen molar-refractivity contribution in [3.05, 3.63) is 12.3 Å². The molecule has 0 bridgehead atoms. The second-order valence-electron chi connectivity index (χ2n) is 2.56. The maximum absolute atomic E-state index is 10.3. The zero-order valence-corrected chi connectivity index (χ0v) is 8.39. The molecule has 0 saturated carbocycles. The molecule has 1 heterocycles. The molecule has 0 aliphatic carbocycles. The van der Waals surface area contributed by atoms with Gasteiger partial charge in [0.2, 0.25) is 5.88 Å². The zero-order valence-electron chi connectivity index (χ0n) is 8.39. The number of nitrogens with zero attached hydrogens (tertiary/aromatic N) is 1. The van der Waals surface area contributed by atoms with Gasteiger partial charge in [0.1, 0.15) is 0 Å². The van der Waals surface area contributed by atoms with Crippen molar-refractivity contribution in [3.8, 4) is 17.4 Å². The lowest BCUT2D eigenvalue weighted by molar-refractivity contribution is -0.139. The Labute approximate surface area is 86.4 Å². The maximum Gasteiger partial charge on any atom is 0.341 e. The molecule has 0 fully saturated rings. The number of aromatic nitrogens is 1. The predicted octanol–water partition coefficient (Wildman–Crippen LogP) is 0.562. The summed E-state index contributed by atoms with van der Waals surface area (Å²) in [5.74, 6) is -0.0900. The lowest BCUT2D eigenvalue weighted by atomic mass is 10.4. The van der Waals surface area contributed by atoms with Crippen LogP contribution in [0, 0.1) is 0 Å². The van der Waals surface area contributed by atoms with E-state index in [4.69, 9.17) is 19.3 Å². The third kappa shape index (κ3) is 3.01. The van der Waals surface area contributed by atoms with Gasteiger partial charge >= 0.3 is 5.97 Å². The normalized spacial score (nSPS) is 9.47. The Kier molecular flexibility index (Phi) is 3.73. The second kappa shape index (κ2) is 5.04. The summed E-state index contributed by atoms with van der Waals surface area (Å²) >= 11 is 0. The maximum atomic E-state index is 10.3. The summed E-state index contributed by atoms with van der Waals surface area (Å²) in [7, 11) is 2.90. The Morgan fingerprint density at radius 3 is 2.67 bits per heavy atom. The highest BCUT2D eigenvalue weighted by Gasteiger charge is 2.08. The van der Waals surface area contributed by atoms with E-state index in [1.54, 1.807) is 0 Å². The summed E-state index contributed by atoms with van der Waals surface area (Å²) in [6.45, 7) is -0.441. The molecule has 0 radical (unpaired) electrons. The van der Waals surface area contributed by atoms with Crippen LogP contribution in [0.2, 0.25) is 0 Å². The number of pyridine rings is 1. The molecule has 15 heavy (non-hydrogen) atoms. The molecule has 0 amide bonds. The molecule has 0 aliphatic rings. The van der Waals surface area contributed by atoms with Crippen molar-refractivity contribution in [2.45, 2.75) is 0 Å². The van der Waals surface area contributed by atoms with Crippen LogP contribution >= 0.6 is 0 Å².